The molecule has 0 saturated carbocycles. The summed E-state index contributed by atoms with van der Waals surface area (Å²) in [5, 5.41) is 3.50. The van der Waals surface area contributed by atoms with Crippen LogP contribution in [-0.2, 0) is 6.42 Å². The summed E-state index contributed by atoms with van der Waals surface area (Å²) < 4.78 is 6.75. The maximum Gasteiger partial charge on any atom is 0.133 e. The first-order valence-corrected chi connectivity index (χ1v) is 9.04. The van der Waals surface area contributed by atoms with Crippen molar-refractivity contribution >= 4 is 15.9 Å². The molecule has 0 spiro atoms. The Morgan fingerprint density at radius 3 is 2.67 bits per heavy atom. The predicted octanol–water partition coefficient (Wildman–Crippen LogP) is 5.20. The third kappa shape index (κ3) is 8.47. The Morgan fingerprint density at radius 2 is 2.00 bits per heavy atom. The number of ether oxygens (including phenoxy) is 1. The van der Waals surface area contributed by atoms with Crippen molar-refractivity contribution < 1.29 is 4.74 Å². The molecule has 0 amide bonds. The molecule has 0 aromatic heterocycles. The molecule has 21 heavy (non-hydrogen) atoms. The van der Waals surface area contributed by atoms with E-state index in [4.69, 9.17) is 4.74 Å². The lowest BCUT2D eigenvalue weighted by Crippen LogP contribution is -2.20. The van der Waals surface area contributed by atoms with E-state index in [9.17, 15) is 0 Å². The fourth-order valence-electron chi connectivity index (χ4n) is 2.18. The lowest BCUT2D eigenvalue weighted by Gasteiger charge is -2.09. The van der Waals surface area contributed by atoms with Crippen molar-refractivity contribution in [3.63, 3.8) is 0 Å². The zero-order chi connectivity index (χ0) is 15.5. The summed E-state index contributed by atoms with van der Waals surface area (Å²) in [4.78, 5) is 0. The monoisotopic (exact) mass is 355 g/mol. The molecule has 1 aromatic rings. The van der Waals surface area contributed by atoms with Crippen molar-refractivity contribution in [2.24, 2.45) is 5.92 Å². The second kappa shape index (κ2) is 11.1. The van der Waals surface area contributed by atoms with Gasteiger partial charge < -0.3 is 10.1 Å². The zero-order valence-corrected chi connectivity index (χ0v) is 15.3. The van der Waals surface area contributed by atoms with Gasteiger partial charge in [0.05, 0.1) is 11.1 Å². The van der Waals surface area contributed by atoms with Crippen LogP contribution in [0.15, 0.2) is 22.7 Å². The van der Waals surface area contributed by atoms with E-state index in [2.05, 4.69) is 60.2 Å². The number of halogens is 1. The molecule has 0 aliphatic rings. The first-order valence-electron chi connectivity index (χ1n) is 8.25. The van der Waals surface area contributed by atoms with Gasteiger partial charge in [-0.1, -0.05) is 33.3 Å². The summed E-state index contributed by atoms with van der Waals surface area (Å²) in [7, 11) is 0. The van der Waals surface area contributed by atoms with Crippen LogP contribution in [0.4, 0.5) is 0 Å². The van der Waals surface area contributed by atoms with Crippen LogP contribution in [0.25, 0.3) is 0 Å². The van der Waals surface area contributed by atoms with Gasteiger partial charge in [-0.3, -0.25) is 0 Å². The Kier molecular flexibility index (Phi) is 9.77. The molecule has 0 aliphatic heterocycles. The molecular weight excluding hydrogens is 326 g/mol. The highest BCUT2D eigenvalue weighted by atomic mass is 79.9. The van der Waals surface area contributed by atoms with E-state index in [0.29, 0.717) is 0 Å². The van der Waals surface area contributed by atoms with E-state index < -0.39 is 0 Å². The molecule has 3 heteroatoms. The summed E-state index contributed by atoms with van der Waals surface area (Å²) in [6.45, 7) is 9.68. The Hall–Kier alpha value is -0.540. The van der Waals surface area contributed by atoms with Crippen LogP contribution >= 0.6 is 15.9 Å². The molecule has 2 nitrogen and oxygen atoms in total. The summed E-state index contributed by atoms with van der Waals surface area (Å²) in [6.07, 6.45) is 6.00. The van der Waals surface area contributed by atoms with E-state index in [-0.39, 0.29) is 0 Å². The van der Waals surface area contributed by atoms with E-state index >= 15 is 0 Å². The molecule has 0 bridgehead atoms. The minimum Gasteiger partial charge on any atom is -0.492 e. The highest BCUT2D eigenvalue weighted by Gasteiger charge is 2.02. The maximum atomic E-state index is 5.67. The normalized spacial score (nSPS) is 11.1. The van der Waals surface area contributed by atoms with Crippen LogP contribution in [0, 0.1) is 5.92 Å². The number of hydrogen-bond donors (Lipinski definition) is 1. The number of unbranched alkanes of at least 4 members (excludes halogenated alkanes) is 2. The predicted molar refractivity (Wildman–Crippen MR) is 95.2 cm³/mol. The third-order valence-corrected chi connectivity index (χ3v) is 3.95. The van der Waals surface area contributed by atoms with E-state index in [1.165, 1.54) is 24.8 Å². The number of hydrogen-bond acceptors (Lipinski definition) is 2. The summed E-state index contributed by atoms with van der Waals surface area (Å²) >= 11 is 3.60. The van der Waals surface area contributed by atoms with Crippen LogP contribution in [0.3, 0.4) is 0 Å². The molecule has 1 aromatic carbocycles. The number of nitrogens with one attached hydrogen (secondary N) is 1. The van der Waals surface area contributed by atoms with Gasteiger partial charge in [0.25, 0.3) is 0 Å². The third-order valence-electron chi connectivity index (χ3n) is 3.33. The van der Waals surface area contributed by atoms with Crippen LogP contribution in [0.2, 0.25) is 0 Å². The van der Waals surface area contributed by atoms with Crippen LogP contribution < -0.4 is 10.1 Å². The van der Waals surface area contributed by atoms with Gasteiger partial charge >= 0.3 is 0 Å². The SMILES string of the molecule is CCCOc1ccc(CCCCCNCC(C)C)cc1Br. The fourth-order valence-corrected chi connectivity index (χ4v) is 2.72. The van der Waals surface area contributed by atoms with E-state index in [0.717, 1.165) is 48.7 Å². The largest absolute Gasteiger partial charge is 0.492 e. The topological polar surface area (TPSA) is 21.3 Å². The van der Waals surface area contributed by atoms with Gasteiger partial charge in [-0.2, -0.15) is 0 Å². The highest BCUT2D eigenvalue weighted by Crippen LogP contribution is 2.26. The zero-order valence-electron chi connectivity index (χ0n) is 13.8. The second-order valence-corrected chi connectivity index (χ2v) is 6.88. The quantitative estimate of drug-likeness (QED) is 0.551. The van der Waals surface area contributed by atoms with E-state index in [1.54, 1.807) is 0 Å². The second-order valence-electron chi connectivity index (χ2n) is 6.02. The molecule has 0 saturated heterocycles. The molecule has 0 unspecified atom stereocenters. The lowest BCUT2D eigenvalue weighted by molar-refractivity contribution is 0.315. The van der Waals surface area contributed by atoms with Crippen LogP contribution in [-0.4, -0.2) is 19.7 Å². The first kappa shape index (κ1) is 18.5. The first-order chi connectivity index (χ1) is 10.1. The van der Waals surface area contributed by atoms with Gasteiger partial charge in [0.2, 0.25) is 0 Å². The summed E-state index contributed by atoms with van der Waals surface area (Å²) in [5.74, 6) is 1.70. The average Bonchev–Trinajstić information content (AvgIpc) is 2.45. The molecule has 0 atom stereocenters. The van der Waals surface area contributed by atoms with Crippen LogP contribution in [0.5, 0.6) is 5.75 Å². The molecule has 120 valence electrons. The van der Waals surface area contributed by atoms with Gasteiger partial charge in [-0.15, -0.1) is 0 Å². The van der Waals surface area contributed by atoms with Crippen molar-refractivity contribution in [3.8, 4) is 5.75 Å². The molecule has 0 radical (unpaired) electrons. The molecule has 0 fully saturated rings. The van der Waals surface area contributed by atoms with Crippen LogP contribution in [0.1, 0.15) is 52.0 Å². The van der Waals surface area contributed by atoms with Gasteiger partial charge in [0, 0.05) is 0 Å². The Morgan fingerprint density at radius 1 is 1.19 bits per heavy atom. The van der Waals surface area contributed by atoms with Gasteiger partial charge in [0.1, 0.15) is 5.75 Å². The Balaban J connectivity index is 2.19. The molecule has 0 aliphatic carbocycles. The number of aryl methyl sites for hydroxylation is 1. The Labute approximate surface area is 138 Å². The summed E-state index contributed by atoms with van der Waals surface area (Å²) in [6, 6.07) is 6.47. The minimum absolute atomic E-state index is 0.746. The van der Waals surface area contributed by atoms with Gasteiger partial charge in [0.15, 0.2) is 0 Å². The lowest BCUT2D eigenvalue weighted by atomic mass is 10.1. The summed E-state index contributed by atoms with van der Waals surface area (Å²) in [5.41, 5.74) is 1.39. The number of benzene rings is 1. The van der Waals surface area contributed by atoms with Crippen molar-refractivity contribution in [2.75, 3.05) is 19.7 Å². The molecule has 1 N–H and O–H groups in total. The smallest absolute Gasteiger partial charge is 0.133 e. The average molecular weight is 356 g/mol. The van der Waals surface area contributed by atoms with Crippen molar-refractivity contribution in [1.29, 1.82) is 0 Å². The highest BCUT2D eigenvalue weighted by molar-refractivity contribution is 9.10. The fraction of sp³-hybridized carbons (Fsp3) is 0.667. The molecule has 1 rings (SSSR count). The van der Waals surface area contributed by atoms with Crippen molar-refractivity contribution in [3.05, 3.63) is 28.2 Å². The number of rotatable bonds is 11. The van der Waals surface area contributed by atoms with Gasteiger partial charge in [-0.25, -0.2) is 0 Å². The molecular formula is C18H30BrNO. The van der Waals surface area contributed by atoms with Gasteiger partial charge in [-0.05, 0) is 78.3 Å². The van der Waals surface area contributed by atoms with E-state index in [1.807, 2.05) is 0 Å². The van der Waals surface area contributed by atoms with Crippen molar-refractivity contribution in [2.45, 2.75) is 52.9 Å². The maximum absolute atomic E-state index is 5.67. The minimum atomic E-state index is 0.746. The Bertz CT molecular complexity index is 393. The van der Waals surface area contributed by atoms with Crippen molar-refractivity contribution in [1.82, 2.24) is 5.32 Å². The molecule has 0 heterocycles. The standard InChI is InChI=1S/C18H30BrNO/c1-4-12-21-18-10-9-16(13-17(18)19)8-6-5-7-11-20-14-15(2)3/h9-10,13,15,20H,4-8,11-12,14H2,1-3H3.